The third-order valence-corrected chi connectivity index (χ3v) is 2.55. The molecular weight excluding hydrogens is 242 g/mol. The lowest BCUT2D eigenvalue weighted by Gasteiger charge is -2.19. The van der Waals surface area contributed by atoms with Crippen LogP contribution in [0.5, 0.6) is 5.75 Å². The zero-order valence-corrected chi connectivity index (χ0v) is 10.2. The molecule has 0 saturated carbocycles. The Labute approximate surface area is 105 Å². The topological polar surface area (TPSA) is 56.5 Å². The molecule has 0 radical (unpaired) electrons. The molecular formula is C12H18F2N2O2. The summed E-state index contributed by atoms with van der Waals surface area (Å²) in [7, 11) is 1.61. The maximum absolute atomic E-state index is 12.3. The van der Waals surface area contributed by atoms with Crippen molar-refractivity contribution in [2.45, 2.75) is 25.5 Å². The number of hydrogen-bond donors (Lipinski definition) is 2. The Balaban J connectivity index is 2.77. The van der Waals surface area contributed by atoms with Crippen molar-refractivity contribution in [1.29, 1.82) is 0 Å². The van der Waals surface area contributed by atoms with Gasteiger partial charge in [0.25, 0.3) is 0 Å². The van der Waals surface area contributed by atoms with Crippen molar-refractivity contribution >= 4 is 0 Å². The summed E-state index contributed by atoms with van der Waals surface area (Å²) in [4.78, 5) is 0. The molecule has 6 heteroatoms. The molecule has 0 saturated heterocycles. The number of alkyl halides is 2. The van der Waals surface area contributed by atoms with Crippen molar-refractivity contribution in [3.63, 3.8) is 0 Å². The van der Waals surface area contributed by atoms with E-state index in [1.807, 2.05) is 0 Å². The van der Waals surface area contributed by atoms with E-state index < -0.39 is 6.61 Å². The molecule has 1 atom stereocenters. The molecule has 0 aromatic heterocycles. The molecule has 0 aliphatic carbocycles. The molecule has 4 nitrogen and oxygen atoms in total. The Hall–Kier alpha value is -1.24. The molecule has 0 bridgehead atoms. The summed E-state index contributed by atoms with van der Waals surface area (Å²) >= 11 is 0. The second-order valence-electron chi connectivity index (χ2n) is 3.77. The van der Waals surface area contributed by atoms with Gasteiger partial charge < -0.3 is 9.47 Å². The van der Waals surface area contributed by atoms with Crippen LogP contribution in [0.15, 0.2) is 24.3 Å². The number of rotatable bonds is 8. The Kier molecular flexibility index (Phi) is 6.56. The van der Waals surface area contributed by atoms with E-state index in [1.165, 1.54) is 6.07 Å². The number of benzene rings is 1. The Bertz CT molecular complexity index is 351. The van der Waals surface area contributed by atoms with E-state index >= 15 is 0 Å². The summed E-state index contributed by atoms with van der Waals surface area (Å²) in [5, 5.41) is 0. The highest BCUT2D eigenvalue weighted by Gasteiger charge is 2.16. The van der Waals surface area contributed by atoms with Gasteiger partial charge >= 0.3 is 6.61 Å². The third kappa shape index (κ3) is 4.56. The first-order valence-corrected chi connectivity index (χ1v) is 5.67. The van der Waals surface area contributed by atoms with Gasteiger partial charge in [-0.15, -0.1) is 0 Å². The summed E-state index contributed by atoms with van der Waals surface area (Å²) in [5.74, 6) is 5.60. The predicted molar refractivity (Wildman–Crippen MR) is 64.2 cm³/mol. The summed E-state index contributed by atoms with van der Waals surface area (Å²) < 4.78 is 34.0. The van der Waals surface area contributed by atoms with Crippen molar-refractivity contribution in [1.82, 2.24) is 5.43 Å². The number of ether oxygens (including phenoxy) is 2. The summed E-state index contributed by atoms with van der Waals surface area (Å²) in [6.07, 6.45) is 1.45. The van der Waals surface area contributed by atoms with Gasteiger partial charge in [0, 0.05) is 25.3 Å². The molecule has 18 heavy (non-hydrogen) atoms. The quantitative estimate of drug-likeness (QED) is 0.427. The highest BCUT2D eigenvalue weighted by molar-refractivity contribution is 5.35. The number of halogens is 2. The summed E-state index contributed by atoms with van der Waals surface area (Å²) in [5.41, 5.74) is 3.23. The molecule has 0 heterocycles. The van der Waals surface area contributed by atoms with Gasteiger partial charge in [-0.1, -0.05) is 18.2 Å². The molecule has 1 rings (SSSR count). The lowest BCUT2D eigenvalue weighted by Crippen LogP contribution is -2.28. The lowest BCUT2D eigenvalue weighted by molar-refractivity contribution is -0.0507. The maximum atomic E-state index is 12.3. The van der Waals surface area contributed by atoms with Crippen molar-refractivity contribution in [3.8, 4) is 5.75 Å². The van der Waals surface area contributed by atoms with Gasteiger partial charge in [-0.25, -0.2) is 0 Å². The van der Waals surface area contributed by atoms with Gasteiger partial charge in [-0.3, -0.25) is 11.3 Å². The summed E-state index contributed by atoms with van der Waals surface area (Å²) in [6, 6.07) is 6.38. The van der Waals surface area contributed by atoms with Crippen molar-refractivity contribution < 1.29 is 18.3 Å². The molecule has 1 aromatic rings. The fourth-order valence-electron chi connectivity index (χ4n) is 1.73. The minimum atomic E-state index is -2.84. The smallest absolute Gasteiger partial charge is 0.387 e. The van der Waals surface area contributed by atoms with Crippen LogP contribution in [0.25, 0.3) is 0 Å². The number of hydrogen-bond acceptors (Lipinski definition) is 4. The van der Waals surface area contributed by atoms with Crippen molar-refractivity contribution in [3.05, 3.63) is 29.8 Å². The van der Waals surface area contributed by atoms with Gasteiger partial charge in [-0.2, -0.15) is 8.78 Å². The Morgan fingerprint density at radius 2 is 2.06 bits per heavy atom. The first kappa shape index (κ1) is 14.8. The Morgan fingerprint density at radius 1 is 1.33 bits per heavy atom. The first-order valence-electron chi connectivity index (χ1n) is 5.67. The largest absolute Gasteiger partial charge is 0.434 e. The van der Waals surface area contributed by atoms with E-state index in [2.05, 4.69) is 10.2 Å². The highest BCUT2D eigenvalue weighted by atomic mass is 19.3. The van der Waals surface area contributed by atoms with Gasteiger partial charge in [0.1, 0.15) is 5.75 Å². The van der Waals surface area contributed by atoms with E-state index in [0.717, 1.165) is 6.42 Å². The van der Waals surface area contributed by atoms with Crippen molar-refractivity contribution in [2.75, 3.05) is 13.7 Å². The lowest BCUT2D eigenvalue weighted by atomic mass is 10.0. The Morgan fingerprint density at radius 3 is 2.67 bits per heavy atom. The predicted octanol–water partition coefficient (Wildman–Crippen LogP) is 2.22. The van der Waals surface area contributed by atoms with Crippen molar-refractivity contribution in [2.24, 2.45) is 5.84 Å². The van der Waals surface area contributed by atoms with Crippen LogP contribution in [-0.4, -0.2) is 20.3 Å². The molecule has 3 N–H and O–H groups in total. The van der Waals surface area contributed by atoms with Crippen LogP contribution in [0, 0.1) is 0 Å². The van der Waals surface area contributed by atoms with Gasteiger partial charge in [0.2, 0.25) is 0 Å². The van der Waals surface area contributed by atoms with Crippen LogP contribution in [-0.2, 0) is 4.74 Å². The van der Waals surface area contributed by atoms with Gasteiger partial charge in [0.05, 0.1) is 0 Å². The zero-order valence-electron chi connectivity index (χ0n) is 10.2. The average Bonchev–Trinajstić information content (AvgIpc) is 2.35. The zero-order chi connectivity index (χ0) is 13.4. The van der Waals surface area contributed by atoms with Crippen LogP contribution in [0.4, 0.5) is 8.78 Å². The molecule has 0 aliphatic rings. The second-order valence-corrected chi connectivity index (χ2v) is 3.77. The molecule has 1 unspecified atom stereocenters. The van der Waals surface area contributed by atoms with E-state index in [4.69, 9.17) is 10.6 Å². The summed E-state index contributed by atoms with van der Waals surface area (Å²) in [6.45, 7) is -2.25. The fraction of sp³-hybridized carbons (Fsp3) is 0.500. The maximum Gasteiger partial charge on any atom is 0.387 e. The number of methoxy groups -OCH3 is 1. The normalized spacial score (nSPS) is 12.7. The SMILES string of the molecule is COCCCC(NN)c1ccccc1OC(F)F. The number of para-hydroxylation sites is 1. The molecule has 102 valence electrons. The minimum absolute atomic E-state index is 0.146. The van der Waals surface area contributed by atoms with E-state index in [1.54, 1.807) is 25.3 Å². The van der Waals surface area contributed by atoms with Crippen LogP contribution >= 0.6 is 0 Å². The molecule has 0 amide bonds. The van der Waals surface area contributed by atoms with Gasteiger partial charge in [-0.05, 0) is 18.9 Å². The molecule has 0 aliphatic heterocycles. The highest BCUT2D eigenvalue weighted by Crippen LogP contribution is 2.28. The van der Waals surface area contributed by atoms with Crippen LogP contribution in [0.3, 0.4) is 0 Å². The number of nitrogens with one attached hydrogen (secondary N) is 1. The molecule has 0 fully saturated rings. The molecule has 1 aromatic carbocycles. The van der Waals surface area contributed by atoms with E-state index in [0.29, 0.717) is 18.6 Å². The minimum Gasteiger partial charge on any atom is -0.434 e. The van der Waals surface area contributed by atoms with E-state index in [-0.39, 0.29) is 11.8 Å². The fourth-order valence-corrected chi connectivity index (χ4v) is 1.73. The number of hydrazine groups is 1. The monoisotopic (exact) mass is 260 g/mol. The standard InChI is InChI=1S/C12H18F2N2O2/c1-17-8-4-6-10(16-15)9-5-2-3-7-11(9)18-12(13)14/h2-3,5,7,10,12,16H,4,6,8,15H2,1H3. The van der Waals surface area contributed by atoms with Crippen LogP contribution in [0.2, 0.25) is 0 Å². The van der Waals surface area contributed by atoms with Gasteiger partial charge in [0.15, 0.2) is 0 Å². The first-order chi connectivity index (χ1) is 8.69. The van der Waals surface area contributed by atoms with Crippen LogP contribution < -0.4 is 16.0 Å². The third-order valence-electron chi connectivity index (χ3n) is 2.55. The second kappa shape index (κ2) is 7.97. The molecule has 0 spiro atoms. The number of nitrogens with two attached hydrogens (primary N) is 1. The van der Waals surface area contributed by atoms with Crippen LogP contribution in [0.1, 0.15) is 24.4 Å². The average molecular weight is 260 g/mol. The van der Waals surface area contributed by atoms with E-state index in [9.17, 15) is 8.78 Å².